The van der Waals surface area contributed by atoms with E-state index in [9.17, 15) is 4.79 Å². The highest BCUT2D eigenvalue weighted by atomic mass is 32.1. The largest absolute Gasteiger partial charge is 0.491 e. The highest BCUT2D eigenvalue weighted by Crippen LogP contribution is 2.23. The van der Waals surface area contributed by atoms with Crippen molar-refractivity contribution >= 4 is 28.8 Å². The molecule has 0 aliphatic carbocycles. The maximum Gasteiger partial charge on any atom is 0.193 e. The van der Waals surface area contributed by atoms with Crippen molar-refractivity contribution in [1.29, 1.82) is 0 Å². The molecular formula is C28H32N2O2S. The predicted molar refractivity (Wildman–Crippen MR) is 141 cm³/mol. The Bertz CT molecular complexity index is 1100. The second kappa shape index (κ2) is 10.6. The Kier molecular flexibility index (Phi) is 7.88. The standard InChI is InChI=1S/C28H32N2O2S/c1-19-9-15-25(16-10-19)32-18-20(2)29-27(33)30-24-8-6-7-22(17-24)26(31)21-11-13-23(14-12-21)28(3,4)5/h6-17,20H,18H2,1-5H3,(H2,29,30,33). The van der Waals surface area contributed by atoms with Crippen LogP contribution >= 0.6 is 12.2 Å². The average Bonchev–Trinajstić information content (AvgIpc) is 2.78. The van der Waals surface area contributed by atoms with Crippen molar-refractivity contribution in [2.75, 3.05) is 11.9 Å². The van der Waals surface area contributed by atoms with Gasteiger partial charge >= 0.3 is 0 Å². The van der Waals surface area contributed by atoms with Crippen LogP contribution < -0.4 is 15.4 Å². The molecule has 0 aromatic heterocycles. The molecule has 0 radical (unpaired) electrons. The molecule has 0 amide bonds. The van der Waals surface area contributed by atoms with E-state index in [1.807, 2.05) is 86.6 Å². The third-order valence-electron chi connectivity index (χ3n) is 5.29. The highest BCUT2D eigenvalue weighted by molar-refractivity contribution is 7.80. The molecule has 0 aliphatic heterocycles. The quantitative estimate of drug-likeness (QED) is 0.321. The van der Waals surface area contributed by atoms with Gasteiger partial charge in [-0.15, -0.1) is 0 Å². The van der Waals surface area contributed by atoms with Gasteiger partial charge in [-0.1, -0.05) is 74.9 Å². The minimum absolute atomic E-state index is 0.0115. The molecule has 33 heavy (non-hydrogen) atoms. The summed E-state index contributed by atoms with van der Waals surface area (Å²) in [5.74, 6) is 0.813. The third kappa shape index (κ3) is 7.16. The number of ketones is 1. The number of aryl methyl sites for hydroxylation is 1. The summed E-state index contributed by atoms with van der Waals surface area (Å²) in [6.45, 7) is 11.0. The number of nitrogens with one attached hydrogen (secondary N) is 2. The number of hydrogen-bond acceptors (Lipinski definition) is 3. The van der Waals surface area contributed by atoms with E-state index in [-0.39, 0.29) is 17.2 Å². The second-order valence-corrected chi connectivity index (χ2v) is 9.77. The zero-order valence-corrected chi connectivity index (χ0v) is 20.8. The molecule has 172 valence electrons. The van der Waals surface area contributed by atoms with Gasteiger partial charge in [-0.3, -0.25) is 4.79 Å². The fourth-order valence-electron chi connectivity index (χ4n) is 3.31. The summed E-state index contributed by atoms with van der Waals surface area (Å²) in [6, 6.07) is 23.2. The zero-order valence-electron chi connectivity index (χ0n) is 19.9. The van der Waals surface area contributed by atoms with Crippen LogP contribution in [0.15, 0.2) is 72.8 Å². The maximum absolute atomic E-state index is 13.0. The molecule has 3 rings (SSSR count). The SMILES string of the molecule is Cc1ccc(OCC(C)NC(=S)Nc2cccc(C(=O)c3ccc(C(C)(C)C)cc3)c2)cc1. The van der Waals surface area contributed by atoms with Crippen LogP contribution in [0.3, 0.4) is 0 Å². The molecule has 2 N–H and O–H groups in total. The Hall–Kier alpha value is -3.18. The van der Waals surface area contributed by atoms with Crippen LogP contribution in [0.4, 0.5) is 5.69 Å². The van der Waals surface area contributed by atoms with Crippen molar-refractivity contribution in [3.63, 3.8) is 0 Å². The highest BCUT2D eigenvalue weighted by Gasteiger charge is 2.15. The average molecular weight is 461 g/mol. The third-order valence-corrected chi connectivity index (χ3v) is 5.51. The van der Waals surface area contributed by atoms with Gasteiger partial charge in [-0.25, -0.2) is 0 Å². The van der Waals surface area contributed by atoms with Crippen molar-refractivity contribution in [3.8, 4) is 5.75 Å². The first-order valence-corrected chi connectivity index (χ1v) is 11.5. The minimum Gasteiger partial charge on any atom is -0.491 e. The van der Waals surface area contributed by atoms with Crippen LogP contribution in [0.2, 0.25) is 0 Å². The Labute approximate surface area is 202 Å². The molecule has 0 bridgehead atoms. The molecule has 0 heterocycles. The summed E-state index contributed by atoms with van der Waals surface area (Å²) < 4.78 is 5.81. The summed E-state index contributed by atoms with van der Waals surface area (Å²) in [7, 11) is 0. The lowest BCUT2D eigenvalue weighted by Crippen LogP contribution is -2.39. The maximum atomic E-state index is 13.0. The van der Waals surface area contributed by atoms with Crippen LogP contribution in [-0.2, 0) is 5.41 Å². The summed E-state index contributed by atoms with van der Waals surface area (Å²) in [5.41, 5.74) is 4.49. The van der Waals surface area contributed by atoms with Crippen molar-refractivity contribution < 1.29 is 9.53 Å². The van der Waals surface area contributed by atoms with E-state index in [0.717, 1.165) is 11.4 Å². The van der Waals surface area contributed by atoms with Gasteiger partial charge in [0.15, 0.2) is 10.9 Å². The smallest absolute Gasteiger partial charge is 0.193 e. The van der Waals surface area contributed by atoms with Crippen LogP contribution in [0.5, 0.6) is 5.75 Å². The fraction of sp³-hybridized carbons (Fsp3) is 0.286. The van der Waals surface area contributed by atoms with E-state index < -0.39 is 0 Å². The number of carbonyl (C=O) groups is 1. The molecule has 3 aromatic rings. The number of thiocarbonyl (C=S) groups is 1. The molecule has 0 fully saturated rings. The fourth-order valence-corrected chi connectivity index (χ4v) is 3.63. The lowest BCUT2D eigenvalue weighted by atomic mass is 9.86. The van der Waals surface area contributed by atoms with Gasteiger partial charge in [0.2, 0.25) is 0 Å². The van der Waals surface area contributed by atoms with Gasteiger partial charge in [0.05, 0.1) is 6.04 Å². The Morgan fingerprint density at radius 3 is 2.27 bits per heavy atom. The minimum atomic E-state index is -0.0159. The van der Waals surface area contributed by atoms with Gasteiger partial charge in [-0.2, -0.15) is 0 Å². The van der Waals surface area contributed by atoms with Gasteiger partial charge < -0.3 is 15.4 Å². The van der Waals surface area contributed by atoms with Crippen LogP contribution in [-0.4, -0.2) is 23.5 Å². The van der Waals surface area contributed by atoms with E-state index in [2.05, 4.69) is 31.4 Å². The number of carbonyl (C=O) groups excluding carboxylic acids is 1. The van der Waals surface area contributed by atoms with Crippen molar-refractivity contribution in [1.82, 2.24) is 5.32 Å². The van der Waals surface area contributed by atoms with E-state index in [1.54, 1.807) is 0 Å². The van der Waals surface area contributed by atoms with Gasteiger partial charge in [-0.05, 0) is 61.3 Å². The van der Waals surface area contributed by atoms with E-state index >= 15 is 0 Å². The molecule has 0 spiro atoms. The molecule has 0 saturated heterocycles. The zero-order chi connectivity index (χ0) is 24.0. The van der Waals surface area contributed by atoms with Crippen molar-refractivity contribution in [3.05, 3.63) is 95.1 Å². The Morgan fingerprint density at radius 2 is 1.64 bits per heavy atom. The molecule has 0 aliphatic rings. The van der Waals surface area contributed by atoms with Crippen LogP contribution in [0.1, 0.15) is 54.7 Å². The van der Waals surface area contributed by atoms with E-state index in [0.29, 0.717) is 22.8 Å². The number of benzene rings is 3. The van der Waals surface area contributed by atoms with Gasteiger partial charge in [0, 0.05) is 16.8 Å². The molecule has 1 atom stereocenters. The lowest BCUT2D eigenvalue weighted by molar-refractivity contribution is 0.103. The first-order chi connectivity index (χ1) is 15.6. The molecule has 5 heteroatoms. The normalized spacial score (nSPS) is 12.0. The second-order valence-electron chi connectivity index (χ2n) is 9.36. The van der Waals surface area contributed by atoms with Gasteiger partial charge in [0.25, 0.3) is 0 Å². The van der Waals surface area contributed by atoms with Crippen LogP contribution in [0, 0.1) is 6.92 Å². The van der Waals surface area contributed by atoms with Gasteiger partial charge in [0.1, 0.15) is 12.4 Å². The topological polar surface area (TPSA) is 50.4 Å². The number of rotatable bonds is 7. The predicted octanol–water partition coefficient (Wildman–Crippen LogP) is 6.28. The van der Waals surface area contributed by atoms with Crippen LogP contribution in [0.25, 0.3) is 0 Å². The van der Waals surface area contributed by atoms with Crippen molar-refractivity contribution in [2.45, 2.75) is 46.1 Å². The number of anilines is 1. The summed E-state index contributed by atoms with van der Waals surface area (Å²) >= 11 is 5.45. The van der Waals surface area contributed by atoms with E-state index in [4.69, 9.17) is 17.0 Å². The summed E-state index contributed by atoms with van der Waals surface area (Å²) in [5, 5.41) is 6.87. The molecule has 3 aromatic carbocycles. The first-order valence-electron chi connectivity index (χ1n) is 11.1. The molecule has 4 nitrogen and oxygen atoms in total. The lowest BCUT2D eigenvalue weighted by Gasteiger charge is -2.19. The number of hydrogen-bond donors (Lipinski definition) is 2. The summed E-state index contributed by atoms with van der Waals surface area (Å²) in [6.07, 6.45) is 0. The summed E-state index contributed by atoms with van der Waals surface area (Å²) in [4.78, 5) is 13.0. The van der Waals surface area contributed by atoms with E-state index in [1.165, 1.54) is 11.1 Å². The Morgan fingerprint density at radius 1 is 0.970 bits per heavy atom. The Balaban J connectivity index is 1.57. The number of ether oxygens (including phenoxy) is 1. The first kappa shape index (κ1) is 24.5. The van der Waals surface area contributed by atoms with Crippen molar-refractivity contribution in [2.24, 2.45) is 0 Å². The molecular weight excluding hydrogens is 428 g/mol. The monoisotopic (exact) mass is 460 g/mol. The molecule has 0 saturated carbocycles. The molecule has 1 unspecified atom stereocenters.